The Morgan fingerprint density at radius 3 is 2.32 bits per heavy atom. The first-order valence-electron chi connectivity index (χ1n) is 11.8. The van der Waals surface area contributed by atoms with Gasteiger partial charge in [0.25, 0.3) is 0 Å². The van der Waals surface area contributed by atoms with Crippen LogP contribution in [0.25, 0.3) is 22.2 Å². The third-order valence-electron chi connectivity index (χ3n) is 6.75. The molecule has 1 aliphatic rings. The Balaban J connectivity index is 1.64. The highest BCUT2D eigenvalue weighted by atomic mass is 19.4. The molecule has 11 heteroatoms. The van der Waals surface area contributed by atoms with Crippen LogP contribution in [0.5, 0.6) is 0 Å². The van der Waals surface area contributed by atoms with Crippen LogP contribution in [-0.4, -0.2) is 33.4 Å². The highest BCUT2D eigenvalue weighted by Gasteiger charge is 2.35. The molecule has 198 valence electrons. The van der Waals surface area contributed by atoms with Crippen molar-refractivity contribution in [2.75, 3.05) is 11.4 Å². The van der Waals surface area contributed by atoms with Crippen molar-refractivity contribution in [1.29, 1.82) is 0 Å². The Morgan fingerprint density at radius 1 is 1.00 bits per heavy atom. The number of halogens is 6. The second kappa shape index (κ2) is 9.70. The zero-order chi connectivity index (χ0) is 27.2. The van der Waals surface area contributed by atoms with Gasteiger partial charge in [-0.2, -0.15) is 18.3 Å². The minimum absolute atomic E-state index is 0.108. The summed E-state index contributed by atoms with van der Waals surface area (Å²) in [5.74, 6) is -4.45. The number of aromatic nitrogens is 2. The fraction of sp³-hybridized carbons (Fsp3) is 0.259. The summed E-state index contributed by atoms with van der Waals surface area (Å²) in [6.07, 6.45) is -2.64. The number of piperidine rings is 1. The predicted octanol–water partition coefficient (Wildman–Crippen LogP) is 6.63. The first kappa shape index (κ1) is 25.6. The van der Waals surface area contributed by atoms with Gasteiger partial charge in [-0.25, -0.2) is 18.0 Å². The molecule has 0 amide bonds. The summed E-state index contributed by atoms with van der Waals surface area (Å²) in [5, 5.41) is 13.8. The number of nitrogens with zero attached hydrogens (tertiary/aromatic N) is 3. The van der Waals surface area contributed by atoms with Crippen molar-refractivity contribution in [2.45, 2.75) is 38.0 Å². The lowest BCUT2D eigenvalue weighted by atomic mass is 10.00. The molecule has 1 aliphatic heterocycles. The Morgan fingerprint density at radius 2 is 1.68 bits per heavy atom. The molecule has 1 aromatic heterocycles. The zero-order valence-electron chi connectivity index (χ0n) is 19.8. The molecular formula is C27H21F6N3O2. The van der Waals surface area contributed by atoms with Crippen LogP contribution in [0, 0.1) is 17.5 Å². The summed E-state index contributed by atoms with van der Waals surface area (Å²) in [6.45, 7) is -0.0521. The van der Waals surface area contributed by atoms with Crippen molar-refractivity contribution in [1.82, 2.24) is 9.78 Å². The van der Waals surface area contributed by atoms with Crippen molar-refractivity contribution in [3.05, 3.63) is 83.2 Å². The fourth-order valence-electron chi connectivity index (χ4n) is 4.98. The van der Waals surface area contributed by atoms with Gasteiger partial charge in [0.15, 0.2) is 0 Å². The molecule has 5 nitrogen and oxygen atoms in total. The average molecular weight is 533 g/mol. The van der Waals surface area contributed by atoms with Crippen LogP contribution in [0.2, 0.25) is 0 Å². The maximum absolute atomic E-state index is 14.5. The van der Waals surface area contributed by atoms with Gasteiger partial charge in [0.1, 0.15) is 29.0 Å². The van der Waals surface area contributed by atoms with E-state index < -0.39 is 58.8 Å². The van der Waals surface area contributed by atoms with Gasteiger partial charge in [0.2, 0.25) is 0 Å². The topological polar surface area (TPSA) is 58.4 Å². The second-order valence-electron chi connectivity index (χ2n) is 9.14. The third kappa shape index (κ3) is 4.68. The van der Waals surface area contributed by atoms with Gasteiger partial charge < -0.3 is 10.0 Å². The molecule has 1 unspecified atom stereocenters. The van der Waals surface area contributed by atoms with Gasteiger partial charge in [-0.1, -0.05) is 24.3 Å². The summed E-state index contributed by atoms with van der Waals surface area (Å²) in [4.78, 5) is 13.5. The van der Waals surface area contributed by atoms with E-state index in [-0.39, 0.29) is 11.1 Å². The molecule has 38 heavy (non-hydrogen) atoms. The zero-order valence-corrected chi connectivity index (χ0v) is 19.8. The molecule has 0 radical (unpaired) electrons. The molecule has 5 rings (SSSR count). The van der Waals surface area contributed by atoms with Gasteiger partial charge in [0, 0.05) is 40.9 Å². The summed E-state index contributed by atoms with van der Waals surface area (Å²) >= 11 is 0. The monoisotopic (exact) mass is 533 g/mol. The smallest absolute Gasteiger partial charge is 0.418 e. The number of alkyl halides is 3. The van der Waals surface area contributed by atoms with Gasteiger partial charge in [-0.05, 0) is 37.5 Å². The molecule has 0 spiro atoms. The molecule has 3 aromatic carbocycles. The van der Waals surface area contributed by atoms with Gasteiger partial charge in [-0.15, -0.1) is 0 Å². The first-order valence-corrected chi connectivity index (χ1v) is 11.8. The number of hydrogen-bond donors (Lipinski definition) is 1. The van der Waals surface area contributed by atoms with E-state index in [1.54, 1.807) is 29.2 Å². The lowest BCUT2D eigenvalue weighted by molar-refractivity contribution is -0.139. The minimum Gasteiger partial charge on any atom is -0.480 e. The van der Waals surface area contributed by atoms with Crippen LogP contribution in [-0.2, 0) is 17.5 Å². The van der Waals surface area contributed by atoms with Crippen LogP contribution in [0.4, 0.5) is 32.0 Å². The second-order valence-corrected chi connectivity index (χ2v) is 9.14. The van der Waals surface area contributed by atoms with Crippen LogP contribution < -0.4 is 4.90 Å². The van der Waals surface area contributed by atoms with Crippen LogP contribution in [0.1, 0.15) is 30.4 Å². The Bertz CT molecular complexity index is 1490. The molecular weight excluding hydrogens is 512 g/mol. The van der Waals surface area contributed by atoms with Crippen LogP contribution >= 0.6 is 0 Å². The van der Waals surface area contributed by atoms with Crippen LogP contribution in [0.15, 0.2) is 54.6 Å². The molecule has 1 saturated heterocycles. The number of carbonyl (C=O) groups is 1. The average Bonchev–Trinajstić information content (AvgIpc) is 3.23. The van der Waals surface area contributed by atoms with E-state index >= 15 is 0 Å². The molecule has 1 fully saturated rings. The first-order chi connectivity index (χ1) is 18.0. The number of hydrogen-bond acceptors (Lipinski definition) is 3. The number of carboxylic acid groups (broad SMARTS) is 1. The number of rotatable bonds is 5. The van der Waals surface area contributed by atoms with E-state index in [0.717, 1.165) is 23.6 Å². The maximum Gasteiger partial charge on any atom is 0.418 e. The molecule has 0 saturated carbocycles. The number of carboxylic acids is 1. The fourth-order valence-corrected chi connectivity index (χ4v) is 4.98. The summed E-state index contributed by atoms with van der Waals surface area (Å²) < 4.78 is 84.7. The van der Waals surface area contributed by atoms with Gasteiger partial charge in [-0.3, -0.25) is 4.68 Å². The maximum atomic E-state index is 14.5. The Kier molecular flexibility index (Phi) is 6.54. The summed E-state index contributed by atoms with van der Waals surface area (Å²) in [5.41, 5.74) is -0.754. The van der Waals surface area contributed by atoms with Crippen molar-refractivity contribution in [2.24, 2.45) is 0 Å². The largest absolute Gasteiger partial charge is 0.480 e. The predicted molar refractivity (Wildman–Crippen MR) is 128 cm³/mol. The van der Waals surface area contributed by atoms with E-state index in [1.807, 2.05) is 0 Å². The summed E-state index contributed by atoms with van der Waals surface area (Å²) in [7, 11) is 0. The number of benzene rings is 3. The van der Waals surface area contributed by atoms with Crippen molar-refractivity contribution in [3.8, 4) is 11.3 Å². The van der Waals surface area contributed by atoms with Crippen LogP contribution in [0.3, 0.4) is 0 Å². The third-order valence-corrected chi connectivity index (χ3v) is 6.75. The minimum atomic E-state index is -4.73. The highest BCUT2D eigenvalue weighted by molar-refractivity contribution is 5.95. The molecule has 0 aliphatic carbocycles. The standard InChI is InChI=1S/C27H21F6N3O2/c28-16-12-21(29)19(22(30)13-16)14-36-25(18-4-3-5-20(24(18)34-36)27(31,32)33)15-7-9-17(10-8-15)35-11-2-1-6-23(35)26(37)38/h3-5,7-10,12-13,23H,1-2,6,11,14H2,(H,37,38). The molecule has 1 atom stereocenters. The lowest BCUT2D eigenvalue weighted by Crippen LogP contribution is -2.44. The quantitative estimate of drug-likeness (QED) is 0.293. The van der Waals surface area contributed by atoms with Gasteiger partial charge in [0.05, 0.1) is 17.8 Å². The number of anilines is 1. The van der Waals surface area contributed by atoms with Gasteiger partial charge >= 0.3 is 12.1 Å². The van der Waals surface area contributed by atoms with E-state index in [9.17, 15) is 36.2 Å². The number of aliphatic carboxylic acids is 1. The van der Waals surface area contributed by atoms with E-state index in [0.29, 0.717) is 36.3 Å². The SMILES string of the molecule is O=C(O)C1CCCCN1c1ccc(-c2c3cccc(C(F)(F)F)c3nn2Cc2c(F)cc(F)cc2F)cc1. The van der Waals surface area contributed by atoms with E-state index in [1.165, 1.54) is 12.1 Å². The lowest BCUT2D eigenvalue weighted by Gasteiger charge is -2.35. The highest BCUT2D eigenvalue weighted by Crippen LogP contribution is 2.39. The Hall–Kier alpha value is -4.02. The molecule has 4 aromatic rings. The summed E-state index contributed by atoms with van der Waals surface area (Å²) in [6, 6.07) is 10.3. The van der Waals surface area contributed by atoms with Crippen molar-refractivity contribution in [3.63, 3.8) is 0 Å². The normalized spacial score (nSPS) is 16.3. The van der Waals surface area contributed by atoms with E-state index in [2.05, 4.69) is 5.10 Å². The number of fused-ring (bicyclic) bond motifs is 1. The molecule has 2 heterocycles. The Labute approximate surface area is 212 Å². The van der Waals surface area contributed by atoms with E-state index in [4.69, 9.17) is 0 Å². The van der Waals surface area contributed by atoms with Crippen molar-refractivity contribution >= 4 is 22.6 Å². The molecule has 0 bridgehead atoms. The van der Waals surface area contributed by atoms with Crippen molar-refractivity contribution < 1.29 is 36.2 Å². The molecule has 1 N–H and O–H groups in total.